The Hall–Kier alpha value is -4.16. The predicted molar refractivity (Wildman–Crippen MR) is 158 cm³/mol. The van der Waals surface area contributed by atoms with Gasteiger partial charge in [0.1, 0.15) is 24.6 Å². The quantitative estimate of drug-likeness (QED) is 0.190. The van der Waals surface area contributed by atoms with Crippen LogP contribution in [0.4, 0.5) is 0 Å². The molecule has 248 valence electrons. The smallest absolute Gasteiger partial charge is 0.314 e. The van der Waals surface area contributed by atoms with Crippen LogP contribution in [0.15, 0.2) is 24.3 Å². The van der Waals surface area contributed by atoms with Crippen LogP contribution in [0.5, 0.6) is 5.75 Å². The summed E-state index contributed by atoms with van der Waals surface area (Å²) in [6.45, 7) is 12.2. The summed E-state index contributed by atoms with van der Waals surface area (Å²) >= 11 is 0. The SMILES string of the molecule is COc1ccc(CN2C(=O)C(=O)N3[C@H](COC(=O)C(C)C)[C@@H](OC(=O)C(C)C)[C@H](OC(=O)C(C)C)[C@H](OC(=O)C(C)C)[C@@H]23)cc1. The van der Waals surface area contributed by atoms with Gasteiger partial charge in [0.25, 0.3) is 0 Å². The first-order valence-corrected chi connectivity index (χ1v) is 15.1. The molecular formula is C32H44N2O11. The molecule has 0 unspecified atom stereocenters. The maximum Gasteiger partial charge on any atom is 0.314 e. The molecule has 2 saturated heterocycles. The molecule has 1 aromatic rings. The van der Waals surface area contributed by atoms with Gasteiger partial charge in [-0.15, -0.1) is 0 Å². The molecule has 1 aromatic carbocycles. The minimum atomic E-state index is -1.47. The van der Waals surface area contributed by atoms with Crippen molar-refractivity contribution < 1.29 is 52.5 Å². The van der Waals surface area contributed by atoms with Crippen LogP contribution in [-0.4, -0.2) is 89.7 Å². The molecule has 13 heteroatoms. The standard InChI is InChI=1S/C32H44N2O11/c1-16(2)29(37)42-15-22-23(43-30(38)17(3)4)24(44-31(39)18(5)6)25(45-32(40)19(7)8)26-33(27(35)28(36)34(22)26)14-20-10-12-21(41-9)13-11-20/h10-13,16-19,22-26H,14-15H2,1-9H3/t22-,23-,24+,25+,26+/m1/s1. The normalized spacial score (nSPS) is 23.0. The van der Waals surface area contributed by atoms with Crippen molar-refractivity contribution in [3.63, 3.8) is 0 Å². The Bertz CT molecular complexity index is 1270. The van der Waals surface area contributed by atoms with Crippen LogP contribution in [0.25, 0.3) is 0 Å². The number of hydrogen-bond donors (Lipinski definition) is 0. The van der Waals surface area contributed by atoms with Gasteiger partial charge in [-0.3, -0.25) is 33.7 Å². The number of ether oxygens (including phenoxy) is 5. The predicted octanol–water partition coefficient (Wildman–Crippen LogP) is 2.48. The van der Waals surface area contributed by atoms with Crippen LogP contribution in [-0.2, 0) is 54.3 Å². The fourth-order valence-electron chi connectivity index (χ4n) is 4.86. The van der Waals surface area contributed by atoms with Crippen LogP contribution in [0.1, 0.15) is 61.0 Å². The zero-order chi connectivity index (χ0) is 33.7. The molecule has 0 spiro atoms. The molecule has 2 amide bonds. The Kier molecular flexibility index (Phi) is 11.6. The topological polar surface area (TPSA) is 155 Å². The lowest BCUT2D eigenvalue weighted by Gasteiger charge is -2.50. The first kappa shape index (κ1) is 35.3. The molecular weight excluding hydrogens is 588 g/mol. The lowest BCUT2D eigenvalue weighted by Crippen LogP contribution is -2.71. The number of amides is 2. The van der Waals surface area contributed by atoms with Crippen LogP contribution in [0, 0.1) is 23.7 Å². The molecule has 0 aliphatic carbocycles. The van der Waals surface area contributed by atoms with Crippen molar-refractivity contribution in [1.82, 2.24) is 9.80 Å². The van der Waals surface area contributed by atoms with Crippen molar-refractivity contribution >= 4 is 35.7 Å². The average molecular weight is 633 g/mol. The molecule has 45 heavy (non-hydrogen) atoms. The van der Waals surface area contributed by atoms with E-state index < -0.39 is 96.5 Å². The molecule has 0 N–H and O–H groups in total. The van der Waals surface area contributed by atoms with E-state index in [0.29, 0.717) is 11.3 Å². The zero-order valence-corrected chi connectivity index (χ0v) is 27.3. The number of fused-ring (bicyclic) bond motifs is 1. The van der Waals surface area contributed by atoms with E-state index in [-0.39, 0.29) is 6.54 Å². The molecule has 2 aliphatic heterocycles. The Morgan fingerprint density at radius 1 is 0.667 bits per heavy atom. The summed E-state index contributed by atoms with van der Waals surface area (Å²) in [5.41, 5.74) is 0.625. The number of carbonyl (C=O) groups is 6. The van der Waals surface area contributed by atoms with Gasteiger partial charge < -0.3 is 28.6 Å². The van der Waals surface area contributed by atoms with E-state index in [0.717, 1.165) is 4.90 Å². The summed E-state index contributed by atoms with van der Waals surface area (Å²) in [6, 6.07) is 5.53. The summed E-state index contributed by atoms with van der Waals surface area (Å²) in [7, 11) is 1.51. The van der Waals surface area contributed by atoms with Crippen molar-refractivity contribution in [2.75, 3.05) is 13.7 Å². The van der Waals surface area contributed by atoms with Gasteiger partial charge in [-0.2, -0.15) is 0 Å². The molecule has 2 heterocycles. The third kappa shape index (κ3) is 7.93. The van der Waals surface area contributed by atoms with Gasteiger partial charge in [-0.1, -0.05) is 67.5 Å². The van der Waals surface area contributed by atoms with Gasteiger partial charge in [0.05, 0.1) is 30.8 Å². The number of esters is 4. The fourth-order valence-corrected chi connectivity index (χ4v) is 4.86. The van der Waals surface area contributed by atoms with Crippen molar-refractivity contribution in [3.8, 4) is 5.75 Å². The second-order valence-electron chi connectivity index (χ2n) is 12.4. The van der Waals surface area contributed by atoms with E-state index in [2.05, 4.69) is 0 Å². The molecule has 13 nitrogen and oxygen atoms in total. The van der Waals surface area contributed by atoms with Crippen LogP contribution in [0.3, 0.4) is 0 Å². The molecule has 0 bridgehead atoms. The summed E-state index contributed by atoms with van der Waals surface area (Å²) in [5, 5.41) is 0. The third-order valence-corrected chi connectivity index (χ3v) is 7.51. The molecule has 5 atom stereocenters. The second-order valence-corrected chi connectivity index (χ2v) is 12.4. The Morgan fingerprint density at radius 2 is 1.13 bits per heavy atom. The van der Waals surface area contributed by atoms with Crippen molar-refractivity contribution in [2.24, 2.45) is 23.7 Å². The summed E-state index contributed by atoms with van der Waals surface area (Å²) in [6.07, 6.45) is -5.68. The lowest BCUT2D eigenvalue weighted by atomic mass is 9.90. The van der Waals surface area contributed by atoms with Crippen molar-refractivity contribution in [3.05, 3.63) is 29.8 Å². The van der Waals surface area contributed by atoms with Crippen LogP contribution >= 0.6 is 0 Å². The lowest BCUT2D eigenvalue weighted by molar-refractivity contribution is -0.229. The molecule has 3 rings (SSSR count). The van der Waals surface area contributed by atoms with E-state index in [1.54, 1.807) is 79.7 Å². The summed E-state index contributed by atoms with van der Waals surface area (Å²) in [5.74, 6) is -6.46. The maximum absolute atomic E-state index is 13.8. The largest absolute Gasteiger partial charge is 0.497 e. The van der Waals surface area contributed by atoms with Gasteiger partial charge in [0.2, 0.25) is 0 Å². The first-order chi connectivity index (χ1) is 21.1. The van der Waals surface area contributed by atoms with Crippen molar-refractivity contribution in [1.29, 1.82) is 0 Å². The van der Waals surface area contributed by atoms with Crippen LogP contribution < -0.4 is 4.74 Å². The number of nitrogens with zero attached hydrogens (tertiary/aromatic N) is 2. The Labute approximate surface area is 263 Å². The highest BCUT2D eigenvalue weighted by Crippen LogP contribution is 2.38. The number of rotatable bonds is 12. The van der Waals surface area contributed by atoms with Gasteiger partial charge >= 0.3 is 35.7 Å². The van der Waals surface area contributed by atoms with E-state index >= 15 is 0 Å². The highest BCUT2D eigenvalue weighted by molar-refractivity contribution is 6.37. The fraction of sp³-hybridized carbons (Fsp3) is 0.625. The molecule has 0 aromatic heterocycles. The van der Waals surface area contributed by atoms with E-state index in [1.165, 1.54) is 12.0 Å². The Morgan fingerprint density at radius 3 is 1.60 bits per heavy atom. The summed E-state index contributed by atoms with van der Waals surface area (Å²) in [4.78, 5) is 81.6. The average Bonchev–Trinajstić information content (AvgIpc) is 3.22. The minimum absolute atomic E-state index is 0.0920. The van der Waals surface area contributed by atoms with E-state index in [9.17, 15) is 28.8 Å². The third-order valence-electron chi connectivity index (χ3n) is 7.51. The minimum Gasteiger partial charge on any atom is -0.497 e. The van der Waals surface area contributed by atoms with Gasteiger partial charge in [0.15, 0.2) is 18.3 Å². The highest BCUT2D eigenvalue weighted by Gasteiger charge is 2.64. The van der Waals surface area contributed by atoms with E-state index in [1.807, 2.05) is 0 Å². The monoisotopic (exact) mass is 632 g/mol. The maximum atomic E-state index is 13.8. The van der Waals surface area contributed by atoms with Gasteiger partial charge in [0, 0.05) is 6.54 Å². The van der Waals surface area contributed by atoms with Gasteiger partial charge in [-0.25, -0.2) is 0 Å². The van der Waals surface area contributed by atoms with Crippen molar-refractivity contribution in [2.45, 2.75) is 92.5 Å². The number of benzene rings is 1. The van der Waals surface area contributed by atoms with Gasteiger partial charge in [-0.05, 0) is 17.7 Å². The highest BCUT2D eigenvalue weighted by atomic mass is 16.6. The zero-order valence-electron chi connectivity index (χ0n) is 27.3. The number of piperidine rings is 1. The number of carbonyl (C=O) groups excluding carboxylic acids is 6. The molecule has 2 aliphatic rings. The number of methoxy groups -OCH3 is 1. The number of hydrogen-bond acceptors (Lipinski definition) is 11. The summed E-state index contributed by atoms with van der Waals surface area (Å²) < 4.78 is 28.4. The molecule has 0 radical (unpaired) electrons. The molecule has 0 saturated carbocycles. The van der Waals surface area contributed by atoms with E-state index in [4.69, 9.17) is 23.7 Å². The van der Waals surface area contributed by atoms with Crippen LogP contribution in [0.2, 0.25) is 0 Å². The Balaban J connectivity index is 2.23. The first-order valence-electron chi connectivity index (χ1n) is 15.1. The molecule has 2 fully saturated rings. The second kappa shape index (κ2) is 14.7.